The molecular formula is C21H26N2O3. The third-order valence-electron chi connectivity index (χ3n) is 4.06. The van der Waals surface area contributed by atoms with E-state index in [0.717, 1.165) is 24.2 Å². The van der Waals surface area contributed by atoms with Gasteiger partial charge >= 0.3 is 0 Å². The van der Waals surface area contributed by atoms with Crippen LogP contribution in [0.1, 0.15) is 43.7 Å². The number of ether oxygens (including phenoxy) is 2. The second-order valence-corrected chi connectivity index (χ2v) is 6.11. The molecule has 1 atom stereocenters. The van der Waals surface area contributed by atoms with Crippen LogP contribution in [-0.2, 0) is 4.79 Å². The summed E-state index contributed by atoms with van der Waals surface area (Å²) in [5, 5.41) is 3.92. The maximum atomic E-state index is 11.8. The Balaban J connectivity index is 1.76. The summed E-state index contributed by atoms with van der Waals surface area (Å²) in [6.07, 6.45) is 3.90. The molecule has 5 nitrogen and oxygen atoms in total. The topological polar surface area (TPSA) is 59.9 Å². The molecule has 0 aliphatic carbocycles. The molecule has 0 aliphatic heterocycles. The Morgan fingerprint density at radius 1 is 1.12 bits per heavy atom. The number of methoxy groups -OCH3 is 1. The molecule has 0 aliphatic rings. The number of hydrazone groups is 1. The first-order valence-corrected chi connectivity index (χ1v) is 8.81. The highest BCUT2D eigenvalue weighted by Gasteiger charge is 2.05. The minimum atomic E-state index is -0.307. The summed E-state index contributed by atoms with van der Waals surface area (Å²) >= 11 is 0. The zero-order valence-corrected chi connectivity index (χ0v) is 15.6. The number of nitrogens with zero attached hydrogens (tertiary/aromatic N) is 1. The van der Waals surface area contributed by atoms with Gasteiger partial charge in [0.15, 0.2) is 6.61 Å². The number of rotatable bonds is 9. The van der Waals surface area contributed by atoms with Crippen molar-refractivity contribution < 1.29 is 14.3 Å². The van der Waals surface area contributed by atoms with Crippen molar-refractivity contribution in [1.29, 1.82) is 0 Å². The molecule has 2 rings (SSSR count). The van der Waals surface area contributed by atoms with Crippen molar-refractivity contribution in [2.24, 2.45) is 5.10 Å². The molecule has 1 unspecified atom stereocenters. The standard InChI is InChI=1S/C21H26N2O3/c1-4-5-16(2)18-8-12-20(13-9-18)26-15-21(24)23-22-14-17-6-10-19(25-3)11-7-17/h6-14,16H,4-5,15H2,1-3H3,(H,23,24)/b22-14+. The largest absolute Gasteiger partial charge is 0.497 e. The Bertz CT molecular complexity index is 709. The van der Waals surface area contributed by atoms with Crippen molar-refractivity contribution in [2.45, 2.75) is 32.6 Å². The van der Waals surface area contributed by atoms with E-state index in [0.29, 0.717) is 11.7 Å². The van der Waals surface area contributed by atoms with Crippen molar-refractivity contribution in [3.63, 3.8) is 0 Å². The summed E-state index contributed by atoms with van der Waals surface area (Å²) < 4.78 is 10.6. The third-order valence-corrected chi connectivity index (χ3v) is 4.06. The number of hydrogen-bond acceptors (Lipinski definition) is 4. The Morgan fingerprint density at radius 2 is 1.77 bits per heavy atom. The first-order valence-electron chi connectivity index (χ1n) is 8.81. The van der Waals surface area contributed by atoms with Crippen molar-refractivity contribution in [3.8, 4) is 11.5 Å². The van der Waals surface area contributed by atoms with Crippen molar-refractivity contribution >= 4 is 12.1 Å². The summed E-state index contributed by atoms with van der Waals surface area (Å²) in [5.74, 6) is 1.67. The van der Waals surface area contributed by atoms with E-state index in [1.54, 1.807) is 13.3 Å². The normalized spacial score (nSPS) is 12.0. The quantitative estimate of drug-likeness (QED) is 0.544. The monoisotopic (exact) mass is 354 g/mol. The average molecular weight is 354 g/mol. The van der Waals surface area contributed by atoms with Gasteiger partial charge in [-0.2, -0.15) is 5.10 Å². The van der Waals surface area contributed by atoms with Crippen molar-refractivity contribution in [3.05, 3.63) is 59.7 Å². The van der Waals surface area contributed by atoms with Crippen molar-refractivity contribution in [2.75, 3.05) is 13.7 Å². The van der Waals surface area contributed by atoms with Gasteiger partial charge < -0.3 is 9.47 Å². The lowest BCUT2D eigenvalue weighted by Gasteiger charge is -2.11. The minimum absolute atomic E-state index is 0.0796. The van der Waals surface area contributed by atoms with Crippen LogP contribution in [0.15, 0.2) is 53.6 Å². The van der Waals surface area contributed by atoms with E-state index in [4.69, 9.17) is 9.47 Å². The Hall–Kier alpha value is -2.82. The zero-order valence-electron chi connectivity index (χ0n) is 15.6. The van der Waals surface area contributed by atoms with Gasteiger partial charge in [0.2, 0.25) is 0 Å². The summed E-state index contributed by atoms with van der Waals surface area (Å²) in [7, 11) is 1.61. The second-order valence-electron chi connectivity index (χ2n) is 6.11. The minimum Gasteiger partial charge on any atom is -0.497 e. The third kappa shape index (κ3) is 6.24. The SMILES string of the molecule is CCCC(C)c1ccc(OCC(=O)N/N=C/c2ccc(OC)cc2)cc1. The maximum absolute atomic E-state index is 11.8. The average Bonchev–Trinajstić information content (AvgIpc) is 2.67. The number of benzene rings is 2. The molecule has 26 heavy (non-hydrogen) atoms. The molecule has 0 saturated carbocycles. The molecule has 0 saturated heterocycles. The molecule has 2 aromatic rings. The molecule has 1 N–H and O–H groups in total. The number of nitrogens with one attached hydrogen (secondary N) is 1. The first kappa shape index (κ1) is 19.5. The summed E-state index contributed by atoms with van der Waals surface area (Å²) in [4.78, 5) is 11.8. The predicted molar refractivity (Wildman–Crippen MR) is 104 cm³/mol. The van der Waals surface area contributed by atoms with Crippen molar-refractivity contribution in [1.82, 2.24) is 5.43 Å². The van der Waals surface area contributed by atoms with Crippen LogP contribution in [0.4, 0.5) is 0 Å². The summed E-state index contributed by atoms with van der Waals surface area (Å²) in [6.45, 7) is 4.32. The molecule has 2 aromatic carbocycles. The molecule has 0 radical (unpaired) electrons. The molecular weight excluding hydrogens is 328 g/mol. The van der Waals surface area contributed by atoms with Crippen LogP contribution < -0.4 is 14.9 Å². The lowest BCUT2D eigenvalue weighted by atomic mass is 9.97. The molecule has 0 heterocycles. The van der Waals surface area contributed by atoms with Gasteiger partial charge in [0.25, 0.3) is 5.91 Å². The van der Waals surface area contributed by atoms with Crippen LogP contribution in [-0.4, -0.2) is 25.8 Å². The predicted octanol–water partition coefficient (Wildman–Crippen LogP) is 4.13. The van der Waals surface area contributed by atoms with Gasteiger partial charge in [0.05, 0.1) is 13.3 Å². The van der Waals surface area contributed by atoms with Crippen LogP contribution in [0.2, 0.25) is 0 Å². The number of amides is 1. The van der Waals surface area contributed by atoms with Gasteiger partial charge in [0, 0.05) is 0 Å². The number of carbonyl (C=O) groups excluding carboxylic acids is 1. The molecule has 0 aromatic heterocycles. The van der Waals surface area contributed by atoms with Gasteiger partial charge in [-0.3, -0.25) is 4.79 Å². The van der Waals surface area contributed by atoms with Crippen LogP contribution >= 0.6 is 0 Å². The lowest BCUT2D eigenvalue weighted by Crippen LogP contribution is -2.24. The second kappa shape index (κ2) is 10.2. The fraction of sp³-hybridized carbons (Fsp3) is 0.333. The fourth-order valence-corrected chi connectivity index (χ4v) is 2.54. The highest BCUT2D eigenvalue weighted by Crippen LogP contribution is 2.22. The summed E-state index contributed by atoms with van der Waals surface area (Å²) in [5.41, 5.74) is 4.60. The Morgan fingerprint density at radius 3 is 2.38 bits per heavy atom. The molecule has 0 spiro atoms. The van der Waals surface area contributed by atoms with Crippen LogP contribution in [0, 0.1) is 0 Å². The van der Waals surface area contributed by atoms with E-state index >= 15 is 0 Å². The fourth-order valence-electron chi connectivity index (χ4n) is 2.54. The van der Waals surface area contributed by atoms with E-state index in [1.807, 2.05) is 36.4 Å². The molecule has 0 fully saturated rings. The summed E-state index contributed by atoms with van der Waals surface area (Å²) in [6, 6.07) is 15.3. The molecule has 5 heteroatoms. The smallest absolute Gasteiger partial charge is 0.277 e. The van der Waals surface area contributed by atoms with Crippen LogP contribution in [0.3, 0.4) is 0 Å². The molecule has 1 amide bonds. The van der Waals surface area contributed by atoms with E-state index in [2.05, 4.69) is 36.5 Å². The number of hydrogen-bond donors (Lipinski definition) is 1. The highest BCUT2D eigenvalue weighted by molar-refractivity contribution is 5.83. The van der Waals surface area contributed by atoms with E-state index in [1.165, 1.54) is 5.56 Å². The lowest BCUT2D eigenvalue weighted by molar-refractivity contribution is -0.123. The van der Waals surface area contributed by atoms with Crippen LogP contribution in [0.25, 0.3) is 0 Å². The van der Waals surface area contributed by atoms with Crippen LogP contribution in [0.5, 0.6) is 11.5 Å². The van der Waals surface area contributed by atoms with Gasteiger partial charge in [-0.05, 0) is 59.9 Å². The zero-order chi connectivity index (χ0) is 18.8. The van der Waals surface area contributed by atoms with E-state index < -0.39 is 0 Å². The van der Waals surface area contributed by atoms with E-state index in [-0.39, 0.29) is 12.5 Å². The maximum Gasteiger partial charge on any atom is 0.277 e. The highest BCUT2D eigenvalue weighted by atomic mass is 16.5. The van der Waals surface area contributed by atoms with Gasteiger partial charge in [-0.15, -0.1) is 0 Å². The Kier molecular flexibility index (Phi) is 7.68. The van der Waals surface area contributed by atoms with E-state index in [9.17, 15) is 4.79 Å². The Labute approximate surface area is 155 Å². The first-order chi connectivity index (χ1) is 12.6. The number of carbonyl (C=O) groups is 1. The molecule has 138 valence electrons. The van der Waals surface area contributed by atoms with Gasteiger partial charge in [-0.1, -0.05) is 32.4 Å². The van der Waals surface area contributed by atoms with Gasteiger partial charge in [-0.25, -0.2) is 5.43 Å². The molecule has 0 bridgehead atoms. The van der Waals surface area contributed by atoms with Gasteiger partial charge in [0.1, 0.15) is 11.5 Å².